The van der Waals surface area contributed by atoms with Gasteiger partial charge in [0.25, 0.3) is 10.0 Å². The van der Waals surface area contributed by atoms with Gasteiger partial charge in [0.1, 0.15) is 0 Å². The van der Waals surface area contributed by atoms with Gasteiger partial charge in [-0.1, -0.05) is 25.3 Å². The number of amides is 2. The van der Waals surface area contributed by atoms with Gasteiger partial charge in [0.2, 0.25) is 0 Å². The molecule has 0 spiro atoms. The van der Waals surface area contributed by atoms with Crippen molar-refractivity contribution in [1.82, 2.24) is 16.1 Å². The monoisotopic (exact) mass is 646 g/mol. The van der Waals surface area contributed by atoms with Gasteiger partial charge in [0, 0.05) is 33.8 Å². The molecular formula is C31H46N6O5S2. The zero-order chi connectivity index (χ0) is 31.8. The molecule has 1 saturated carbocycles. The summed E-state index contributed by atoms with van der Waals surface area (Å²) in [4.78, 5) is 30.6. The number of carbonyl (C=O) groups is 2. The van der Waals surface area contributed by atoms with Crippen LogP contribution in [0.3, 0.4) is 0 Å². The number of nitrogens with one attached hydrogen (secondary N) is 6. The summed E-state index contributed by atoms with van der Waals surface area (Å²) in [5.74, 6) is -0.654. The van der Waals surface area contributed by atoms with Crippen LogP contribution >= 0.6 is 11.8 Å². The van der Waals surface area contributed by atoms with E-state index in [9.17, 15) is 18.0 Å². The van der Waals surface area contributed by atoms with Gasteiger partial charge in [0.05, 0.1) is 22.9 Å². The van der Waals surface area contributed by atoms with E-state index >= 15 is 0 Å². The minimum absolute atomic E-state index is 0.0867. The Morgan fingerprint density at radius 1 is 0.909 bits per heavy atom. The van der Waals surface area contributed by atoms with Crippen LogP contribution in [-0.2, 0) is 24.4 Å². The maximum Gasteiger partial charge on any atom is 0.327 e. The fraction of sp³-hybridized carbons (Fsp3) is 0.548. The van der Waals surface area contributed by atoms with E-state index < -0.39 is 21.8 Å². The lowest BCUT2D eigenvalue weighted by molar-refractivity contribution is -0.139. The summed E-state index contributed by atoms with van der Waals surface area (Å²) in [6.45, 7) is 8.81. The molecule has 6 N–H and O–H groups in total. The minimum Gasteiger partial charge on any atom is -0.345 e. The van der Waals surface area contributed by atoms with Crippen LogP contribution in [0.15, 0.2) is 53.4 Å². The highest BCUT2D eigenvalue weighted by molar-refractivity contribution is 7.99. The summed E-state index contributed by atoms with van der Waals surface area (Å²) in [5, 5.41) is 7.09. The van der Waals surface area contributed by atoms with Crippen LogP contribution in [0.1, 0.15) is 72.6 Å². The lowest BCUT2D eigenvalue weighted by atomic mass is 9.79. The average Bonchev–Trinajstić information content (AvgIpc) is 2.95. The molecule has 4 rings (SSSR count). The predicted octanol–water partition coefficient (Wildman–Crippen LogP) is 4.77. The van der Waals surface area contributed by atoms with Crippen LogP contribution in [0, 0.1) is 0 Å². The maximum atomic E-state index is 13.0. The van der Waals surface area contributed by atoms with E-state index in [1.54, 1.807) is 36.4 Å². The normalized spacial score (nSPS) is 18.6. The summed E-state index contributed by atoms with van der Waals surface area (Å²) in [5.41, 5.74) is 8.96. The number of rotatable bonds is 12. The zero-order valence-corrected chi connectivity index (χ0v) is 27.6. The number of sulfonamides is 1. The van der Waals surface area contributed by atoms with Crippen molar-refractivity contribution in [2.75, 3.05) is 28.0 Å². The SMILES string of the molecule is CC1(C)CC(NC(=O)C(=O)NNc2ccc(NS(=O)(=O)c3cccc(NOCCSC4CCCCC4)c3)cc2)CC(C)(C)N1. The molecule has 242 valence electrons. The van der Waals surface area contributed by atoms with Crippen molar-refractivity contribution in [3.05, 3.63) is 48.5 Å². The third-order valence-electron chi connectivity index (χ3n) is 7.61. The van der Waals surface area contributed by atoms with Gasteiger partial charge in [-0.2, -0.15) is 11.8 Å². The molecule has 1 aliphatic heterocycles. The molecule has 11 nitrogen and oxygen atoms in total. The second-order valence-corrected chi connectivity index (χ2v) is 15.9. The molecule has 0 bridgehead atoms. The summed E-state index contributed by atoms with van der Waals surface area (Å²) < 4.78 is 28.6. The van der Waals surface area contributed by atoms with Crippen LogP contribution in [-0.4, -0.2) is 55.0 Å². The number of anilines is 3. The number of benzene rings is 2. The molecule has 1 aliphatic carbocycles. The molecule has 2 aromatic rings. The van der Waals surface area contributed by atoms with E-state index in [2.05, 4.69) is 59.4 Å². The highest BCUT2D eigenvalue weighted by Crippen LogP contribution is 2.29. The number of hydrogen-bond acceptors (Lipinski definition) is 9. The Morgan fingerprint density at radius 2 is 1.57 bits per heavy atom. The van der Waals surface area contributed by atoms with Crippen molar-refractivity contribution < 1.29 is 22.8 Å². The van der Waals surface area contributed by atoms with E-state index in [1.165, 1.54) is 44.2 Å². The van der Waals surface area contributed by atoms with E-state index in [0.29, 0.717) is 41.8 Å². The van der Waals surface area contributed by atoms with Gasteiger partial charge in [-0.25, -0.2) is 8.42 Å². The van der Waals surface area contributed by atoms with Crippen molar-refractivity contribution in [2.45, 2.75) is 99.9 Å². The molecule has 0 aromatic heterocycles. The van der Waals surface area contributed by atoms with E-state index in [0.717, 1.165) is 5.75 Å². The molecule has 2 aliphatic rings. The number of hydrazine groups is 1. The van der Waals surface area contributed by atoms with Crippen molar-refractivity contribution in [2.24, 2.45) is 0 Å². The molecule has 2 aromatic carbocycles. The third-order valence-corrected chi connectivity index (χ3v) is 10.3. The number of carbonyl (C=O) groups excluding carboxylic acids is 2. The van der Waals surface area contributed by atoms with Crippen molar-refractivity contribution in [3.8, 4) is 0 Å². The molecule has 2 amide bonds. The Hall–Kier alpha value is -3.00. The zero-order valence-electron chi connectivity index (χ0n) is 26.0. The number of piperidine rings is 1. The first-order valence-electron chi connectivity index (χ1n) is 15.2. The van der Waals surface area contributed by atoms with Gasteiger partial charge < -0.3 is 10.6 Å². The lowest BCUT2D eigenvalue weighted by Crippen LogP contribution is -2.63. The first kappa shape index (κ1) is 33.9. The van der Waals surface area contributed by atoms with Crippen molar-refractivity contribution in [3.63, 3.8) is 0 Å². The molecule has 0 unspecified atom stereocenters. The van der Waals surface area contributed by atoms with E-state index in [-0.39, 0.29) is 22.0 Å². The van der Waals surface area contributed by atoms with Gasteiger partial charge in [-0.15, -0.1) is 0 Å². The number of hydrogen-bond donors (Lipinski definition) is 6. The molecule has 0 atom stereocenters. The third kappa shape index (κ3) is 10.6. The quantitative estimate of drug-likeness (QED) is 0.109. The van der Waals surface area contributed by atoms with Crippen LogP contribution in [0.2, 0.25) is 0 Å². The van der Waals surface area contributed by atoms with Crippen molar-refractivity contribution in [1.29, 1.82) is 0 Å². The van der Waals surface area contributed by atoms with Gasteiger partial charge >= 0.3 is 11.8 Å². The summed E-state index contributed by atoms with van der Waals surface area (Å²) >= 11 is 1.94. The highest BCUT2D eigenvalue weighted by Gasteiger charge is 2.38. The molecular weight excluding hydrogens is 601 g/mol. The van der Waals surface area contributed by atoms with Gasteiger partial charge in [0.15, 0.2) is 0 Å². The van der Waals surface area contributed by atoms with Crippen LogP contribution in [0.25, 0.3) is 0 Å². The second-order valence-electron chi connectivity index (χ2n) is 12.8. The first-order chi connectivity index (χ1) is 20.8. The van der Waals surface area contributed by atoms with E-state index in [4.69, 9.17) is 4.84 Å². The molecule has 2 fully saturated rings. The standard InChI is InChI=1S/C31H46N6O5S2/c1-30(2)20-25(21-31(3,4)37-30)32-28(38)29(39)34-33-22-13-15-23(16-14-22)36-44(40,41)27-12-8-9-24(19-27)35-42-17-18-43-26-10-6-5-7-11-26/h8-9,12-16,19,25-26,33,35-37H,5-7,10-11,17-18,20-21H2,1-4H3,(H,32,38)(H,34,39). The Balaban J connectivity index is 1.21. The van der Waals surface area contributed by atoms with Crippen molar-refractivity contribution >= 4 is 50.7 Å². The summed E-state index contributed by atoms with van der Waals surface area (Å²) in [6.07, 6.45) is 7.91. The Labute approximate surface area is 265 Å². The summed E-state index contributed by atoms with van der Waals surface area (Å²) in [7, 11) is -3.86. The van der Waals surface area contributed by atoms with Crippen LogP contribution in [0.4, 0.5) is 17.1 Å². The molecule has 44 heavy (non-hydrogen) atoms. The first-order valence-corrected chi connectivity index (χ1v) is 17.7. The average molecular weight is 647 g/mol. The van der Waals surface area contributed by atoms with Gasteiger partial charge in [-0.05, 0) is 95.8 Å². The predicted molar refractivity (Wildman–Crippen MR) is 177 cm³/mol. The lowest BCUT2D eigenvalue weighted by Gasteiger charge is -2.46. The molecule has 13 heteroatoms. The topological polar surface area (TPSA) is 150 Å². The number of thioether (sulfide) groups is 1. The van der Waals surface area contributed by atoms with Crippen LogP contribution in [0.5, 0.6) is 0 Å². The fourth-order valence-corrected chi connectivity index (χ4v) is 8.33. The Bertz CT molecular complexity index is 1360. The smallest absolute Gasteiger partial charge is 0.327 e. The fourth-order valence-electron chi connectivity index (χ4n) is 6.05. The Kier molecular flexibility index (Phi) is 11.4. The van der Waals surface area contributed by atoms with E-state index in [1.807, 2.05) is 11.8 Å². The molecule has 1 heterocycles. The maximum absolute atomic E-state index is 13.0. The second kappa shape index (κ2) is 14.9. The minimum atomic E-state index is -3.86. The largest absolute Gasteiger partial charge is 0.345 e. The molecule has 1 saturated heterocycles. The van der Waals surface area contributed by atoms with Gasteiger partial charge in [-0.3, -0.25) is 35.5 Å². The molecule has 0 radical (unpaired) electrons. The Morgan fingerprint density at radius 3 is 2.25 bits per heavy atom. The summed E-state index contributed by atoms with van der Waals surface area (Å²) in [6, 6.07) is 12.6. The van der Waals surface area contributed by atoms with Crippen LogP contribution < -0.4 is 31.7 Å². The highest BCUT2D eigenvalue weighted by atomic mass is 32.2.